The fourth-order valence-corrected chi connectivity index (χ4v) is 3.63. The molecule has 0 saturated heterocycles. The van der Waals surface area contributed by atoms with Crippen molar-refractivity contribution in [2.45, 2.75) is 0 Å². The first-order chi connectivity index (χ1) is 9.36. The molecular weight excluding hydrogens is 260 g/mol. The Kier molecular flexibility index (Phi) is 2.43. The summed E-state index contributed by atoms with van der Waals surface area (Å²) < 4.78 is 5.37. The third-order valence-electron chi connectivity index (χ3n) is 3.42. The van der Waals surface area contributed by atoms with E-state index in [0.717, 1.165) is 45.4 Å². The van der Waals surface area contributed by atoms with Crippen LogP contribution < -0.4 is 0 Å². The van der Waals surface area contributed by atoms with Crippen molar-refractivity contribution in [3.05, 3.63) is 41.0 Å². The summed E-state index contributed by atoms with van der Waals surface area (Å²) in [5.74, 6) is 0. The molecule has 0 unspecified atom stereocenters. The number of thioether (sulfide) groups is 1. The number of aliphatic hydroxyl groups excluding tert-OH is 1. The van der Waals surface area contributed by atoms with Gasteiger partial charge in [-0.25, -0.2) is 0 Å². The first-order valence-electron chi connectivity index (χ1n) is 6.18. The van der Waals surface area contributed by atoms with Gasteiger partial charge in [0.15, 0.2) is 5.17 Å². The normalized spacial score (nSPS) is 18.4. The molecule has 0 amide bonds. The molecule has 2 aromatic rings. The predicted octanol–water partition coefficient (Wildman–Crippen LogP) is 2.51. The molecule has 3 heterocycles. The van der Waals surface area contributed by atoms with Crippen molar-refractivity contribution < 1.29 is 9.52 Å². The molecule has 0 bridgehead atoms. The molecule has 96 valence electrons. The molecule has 5 heteroatoms. The lowest BCUT2D eigenvalue weighted by Crippen LogP contribution is -2.20. The highest BCUT2D eigenvalue weighted by Crippen LogP contribution is 2.41. The van der Waals surface area contributed by atoms with Gasteiger partial charge >= 0.3 is 0 Å². The van der Waals surface area contributed by atoms with E-state index in [1.165, 1.54) is 0 Å². The average Bonchev–Trinajstić information content (AvgIpc) is 3.11. The van der Waals surface area contributed by atoms with Crippen LogP contribution in [-0.4, -0.2) is 34.9 Å². The van der Waals surface area contributed by atoms with Crippen molar-refractivity contribution in [3.8, 4) is 0 Å². The van der Waals surface area contributed by atoms with E-state index in [1.54, 1.807) is 18.0 Å². The number of hydrogen-bond donors (Lipinski definition) is 1. The molecule has 2 aliphatic rings. The predicted molar refractivity (Wildman–Crippen MR) is 76.8 cm³/mol. The zero-order valence-corrected chi connectivity index (χ0v) is 11.0. The zero-order chi connectivity index (χ0) is 12.8. The largest absolute Gasteiger partial charge is 0.464 e. The van der Waals surface area contributed by atoms with Crippen LogP contribution in [0.2, 0.25) is 0 Å². The van der Waals surface area contributed by atoms with E-state index in [0.29, 0.717) is 0 Å². The summed E-state index contributed by atoms with van der Waals surface area (Å²) in [5.41, 5.74) is 3.08. The molecule has 4 rings (SSSR count). The number of amidine groups is 1. The van der Waals surface area contributed by atoms with Crippen LogP contribution in [0.5, 0.6) is 0 Å². The van der Waals surface area contributed by atoms with Gasteiger partial charge in [0.1, 0.15) is 5.58 Å². The van der Waals surface area contributed by atoms with Crippen molar-refractivity contribution in [1.82, 2.24) is 4.90 Å². The van der Waals surface area contributed by atoms with Crippen molar-refractivity contribution >= 4 is 33.6 Å². The van der Waals surface area contributed by atoms with E-state index in [9.17, 15) is 5.11 Å². The number of furan rings is 1. The topological polar surface area (TPSA) is 49.0 Å². The SMILES string of the molecule is OCC1=C(c2ccc3occc3c2)N2CCN=C2S1. The third kappa shape index (κ3) is 1.62. The average molecular weight is 272 g/mol. The highest BCUT2D eigenvalue weighted by atomic mass is 32.2. The van der Waals surface area contributed by atoms with E-state index in [-0.39, 0.29) is 6.61 Å². The van der Waals surface area contributed by atoms with Gasteiger partial charge in [-0.05, 0) is 29.8 Å². The van der Waals surface area contributed by atoms with Gasteiger partial charge in [-0.15, -0.1) is 0 Å². The fourth-order valence-electron chi connectivity index (χ4n) is 2.57. The molecule has 2 aliphatic heterocycles. The minimum atomic E-state index is 0.0545. The van der Waals surface area contributed by atoms with Crippen molar-refractivity contribution in [2.24, 2.45) is 4.99 Å². The number of aliphatic imine (C=N–C) groups is 1. The number of fused-ring (bicyclic) bond motifs is 2. The Morgan fingerprint density at radius 3 is 3.21 bits per heavy atom. The molecule has 0 fully saturated rings. The molecule has 1 aromatic heterocycles. The highest BCUT2D eigenvalue weighted by Gasteiger charge is 2.32. The summed E-state index contributed by atoms with van der Waals surface area (Å²) in [4.78, 5) is 7.62. The summed E-state index contributed by atoms with van der Waals surface area (Å²) in [6.45, 7) is 1.78. The van der Waals surface area contributed by atoms with Gasteiger partial charge in [0, 0.05) is 16.8 Å². The van der Waals surface area contributed by atoms with Crippen LogP contribution in [0.15, 0.2) is 44.8 Å². The van der Waals surface area contributed by atoms with Crippen molar-refractivity contribution in [3.63, 3.8) is 0 Å². The standard InChI is InChI=1S/C14H12N2O2S/c17-8-12-13(16-5-4-15-14(16)19-12)10-1-2-11-9(7-10)3-6-18-11/h1-3,6-7,17H,4-5,8H2. The van der Waals surface area contributed by atoms with Crippen LogP contribution in [0.25, 0.3) is 16.7 Å². The van der Waals surface area contributed by atoms with Crippen molar-refractivity contribution in [1.29, 1.82) is 0 Å². The molecule has 0 radical (unpaired) electrons. The van der Waals surface area contributed by atoms with Gasteiger partial charge in [0.2, 0.25) is 0 Å². The van der Waals surface area contributed by atoms with Crippen LogP contribution >= 0.6 is 11.8 Å². The van der Waals surface area contributed by atoms with E-state index in [4.69, 9.17) is 4.42 Å². The molecule has 0 atom stereocenters. The van der Waals surface area contributed by atoms with Crippen LogP contribution in [0.1, 0.15) is 5.56 Å². The monoisotopic (exact) mass is 272 g/mol. The van der Waals surface area contributed by atoms with Crippen LogP contribution in [0.4, 0.5) is 0 Å². The van der Waals surface area contributed by atoms with Crippen LogP contribution in [0.3, 0.4) is 0 Å². The second-order valence-corrected chi connectivity index (χ2v) is 5.58. The van der Waals surface area contributed by atoms with E-state index in [2.05, 4.69) is 16.0 Å². The van der Waals surface area contributed by atoms with Gasteiger partial charge < -0.3 is 14.4 Å². The van der Waals surface area contributed by atoms with Gasteiger partial charge in [-0.3, -0.25) is 4.99 Å². The number of rotatable bonds is 2. The summed E-state index contributed by atoms with van der Waals surface area (Å²) in [7, 11) is 0. The summed E-state index contributed by atoms with van der Waals surface area (Å²) in [6.07, 6.45) is 1.70. The van der Waals surface area contributed by atoms with Gasteiger partial charge in [0.25, 0.3) is 0 Å². The maximum atomic E-state index is 9.55. The van der Waals surface area contributed by atoms with E-state index < -0.39 is 0 Å². The molecule has 0 saturated carbocycles. The number of hydrogen-bond acceptors (Lipinski definition) is 5. The first-order valence-corrected chi connectivity index (χ1v) is 7.00. The Balaban J connectivity index is 1.86. The second-order valence-electron chi connectivity index (χ2n) is 4.52. The van der Waals surface area contributed by atoms with Crippen LogP contribution in [0, 0.1) is 0 Å². The second kappa shape index (κ2) is 4.15. The summed E-state index contributed by atoms with van der Waals surface area (Å²) in [5, 5.41) is 11.6. The summed E-state index contributed by atoms with van der Waals surface area (Å²) in [6, 6.07) is 8.08. The van der Waals surface area contributed by atoms with E-state index in [1.807, 2.05) is 18.2 Å². The molecule has 19 heavy (non-hydrogen) atoms. The number of aliphatic hydroxyl groups is 1. The summed E-state index contributed by atoms with van der Waals surface area (Å²) >= 11 is 1.57. The number of benzene rings is 1. The Hall–Kier alpha value is -1.72. The quantitative estimate of drug-likeness (QED) is 0.912. The zero-order valence-electron chi connectivity index (χ0n) is 10.2. The third-order valence-corrected chi connectivity index (χ3v) is 4.52. The molecule has 1 N–H and O–H groups in total. The Morgan fingerprint density at radius 2 is 2.32 bits per heavy atom. The molecule has 0 aliphatic carbocycles. The lowest BCUT2D eigenvalue weighted by atomic mass is 10.1. The molecular formula is C14H12N2O2S. The lowest BCUT2D eigenvalue weighted by molar-refractivity contribution is 0.339. The minimum absolute atomic E-state index is 0.0545. The molecule has 4 nitrogen and oxygen atoms in total. The van der Waals surface area contributed by atoms with Gasteiger partial charge in [-0.2, -0.15) is 0 Å². The maximum absolute atomic E-state index is 9.55. The molecule has 1 aromatic carbocycles. The van der Waals surface area contributed by atoms with Crippen molar-refractivity contribution in [2.75, 3.05) is 19.7 Å². The fraction of sp³-hybridized carbons (Fsp3) is 0.214. The van der Waals surface area contributed by atoms with Crippen LogP contribution in [-0.2, 0) is 0 Å². The number of nitrogens with zero attached hydrogens (tertiary/aromatic N) is 2. The lowest BCUT2D eigenvalue weighted by Gasteiger charge is -2.17. The van der Waals surface area contributed by atoms with Gasteiger partial charge in [-0.1, -0.05) is 11.8 Å². The minimum Gasteiger partial charge on any atom is -0.464 e. The Morgan fingerprint density at radius 1 is 1.37 bits per heavy atom. The first kappa shape index (κ1) is 11.1. The molecule has 0 spiro atoms. The Bertz CT molecular complexity index is 717. The van der Waals surface area contributed by atoms with Gasteiger partial charge in [0.05, 0.1) is 25.1 Å². The smallest absolute Gasteiger partial charge is 0.168 e. The maximum Gasteiger partial charge on any atom is 0.168 e. The Labute approximate surface area is 114 Å². The highest BCUT2D eigenvalue weighted by molar-refractivity contribution is 8.17. The van der Waals surface area contributed by atoms with E-state index >= 15 is 0 Å².